The van der Waals surface area contributed by atoms with Gasteiger partial charge in [-0.1, -0.05) is 42.5 Å². The molecule has 1 aliphatic heterocycles. The first-order valence-corrected chi connectivity index (χ1v) is 9.18. The van der Waals surface area contributed by atoms with E-state index in [1.165, 1.54) is 0 Å². The number of rotatable bonds is 3. The number of imidazole rings is 1. The average molecular weight is 349 g/mol. The Labute approximate surface area is 152 Å². The van der Waals surface area contributed by atoms with Gasteiger partial charge >= 0.3 is 5.69 Å². The van der Waals surface area contributed by atoms with Gasteiger partial charge in [0.1, 0.15) is 0 Å². The van der Waals surface area contributed by atoms with Crippen LogP contribution in [0.2, 0.25) is 0 Å². The van der Waals surface area contributed by atoms with Gasteiger partial charge in [-0.3, -0.25) is 9.36 Å². The highest BCUT2D eigenvalue weighted by molar-refractivity contribution is 5.83. The van der Waals surface area contributed by atoms with Gasteiger partial charge in [-0.15, -0.1) is 0 Å². The zero-order chi connectivity index (χ0) is 18.1. The van der Waals surface area contributed by atoms with E-state index in [1.807, 2.05) is 71.0 Å². The van der Waals surface area contributed by atoms with E-state index >= 15 is 0 Å². The fraction of sp³-hybridized carbons (Fsp3) is 0.333. The van der Waals surface area contributed by atoms with E-state index in [1.54, 1.807) is 0 Å². The molecule has 5 heteroatoms. The minimum Gasteiger partial charge on any atom is -0.342 e. The van der Waals surface area contributed by atoms with Crippen molar-refractivity contribution in [2.45, 2.75) is 31.7 Å². The number of hydrogen-bond donors (Lipinski definition) is 1. The normalized spacial score (nSPS) is 16.7. The molecule has 1 saturated heterocycles. The third kappa shape index (κ3) is 2.94. The predicted octanol–water partition coefficient (Wildman–Crippen LogP) is 3.30. The molecule has 1 atom stereocenters. The standard InChI is InChI=1S/C21H23N3O2/c1-15(16-7-3-2-4-8-16)20(25)23-13-11-17(12-14-23)24-19-10-6-5-9-18(19)22-21(24)26/h2-10,15,17H,11-14H2,1H3,(H,22,26). The summed E-state index contributed by atoms with van der Waals surface area (Å²) >= 11 is 0. The molecule has 0 saturated carbocycles. The summed E-state index contributed by atoms with van der Waals surface area (Å²) in [5.74, 6) is 0.0319. The van der Waals surface area contributed by atoms with Crippen LogP contribution < -0.4 is 5.69 Å². The Balaban J connectivity index is 1.48. The number of para-hydroxylation sites is 2. The average Bonchev–Trinajstić information content (AvgIpc) is 3.03. The lowest BCUT2D eigenvalue weighted by molar-refractivity contribution is -0.133. The van der Waals surface area contributed by atoms with E-state index in [9.17, 15) is 9.59 Å². The summed E-state index contributed by atoms with van der Waals surface area (Å²) in [6.45, 7) is 3.34. The molecule has 0 bridgehead atoms. The number of hydrogen-bond acceptors (Lipinski definition) is 2. The largest absolute Gasteiger partial charge is 0.342 e. The molecule has 4 rings (SSSR count). The van der Waals surface area contributed by atoms with Crippen molar-refractivity contribution < 1.29 is 4.79 Å². The van der Waals surface area contributed by atoms with Crippen LogP contribution in [0, 0.1) is 0 Å². The molecule has 5 nitrogen and oxygen atoms in total. The molecule has 1 unspecified atom stereocenters. The van der Waals surface area contributed by atoms with Gasteiger partial charge in [-0.25, -0.2) is 4.79 Å². The van der Waals surface area contributed by atoms with Crippen LogP contribution in [0.15, 0.2) is 59.4 Å². The number of aromatic amines is 1. The molecule has 1 amide bonds. The van der Waals surface area contributed by atoms with Crippen molar-refractivity contribution in [1.29, 1.82) is 0 Å². The topological polar surface area (TPSA) is 58.1 Å². The molecule has 1 fully saturated rings. The summed E-state index contributed by atoms with van der Waals surface area (Å²) in [5.41, 5.74) is 2.80. The van der Waals surface area contributed by atoms with Gasteiger partial charge < -0.3 is 9.88 Å². The molecule has 0 radical (unpaired) electrons. The number of amides is 1. The number of benzene rings is 2. The first-order valence-electron chi connectivity index (χ1n) is 9.18. The predicted molar refractivity (Wildman–Crippen MR) is 102 cm³/mol. The van der Waals surface area contributed by atoms with Gasteiger partial charge in [0.05, 0.1) is 17.0 Å². The molecular formula is C21H23N3O2. The van der Waals surface area contributed by atoms with Crippen molar-refractivity contribution >= 4 is 16.9 Å². The van der Waals surface area contributed by atoms with Crippen molar-refractivity contribution in [2.75, 3.05) is 13.1 Å². The summed E-state index contributed by atoms with van der Waals surface area (Å²) in [5, 5.41) is 0. The van der Waals surface area contributed by atoms with Gasteiger partial charge in [0, 0.05) is 19.1 Å². The van der Waals surface area contributed by atoms with Gasteiger partial charge in [-0.05, 0) is 37.5 Å². The lowest BCUT2D eigenvalue weighted by atomic mass is 9.97. The number of nitrogens with one attached hydrogen (secondary N) is 1. The van der Waals surface area contributed by atoms with Gasteiger partial charge in [0.2, 0.25) is 5.91 Å². The van der Waals surface area contributed by atoms with Crippen LogP contribution in [0.25, 0.3) is 11.0 Å². The second kappa shape index (κ2) is 6.83. The van der Waals surface area contributed by atoms with Crippen LogP contribution in [0.1, 0.15) is 37.3 Å². The summed E-state index contributed by atoms with van der Waals surface area (Å²) in [7, 11) is 0. The second-order valence-corrected chi connectivity index (χ2v) is 7.01. The third-order valence-corrected chi connectivity index (χ3v) is 5.44. The second-order valence-electron chi connectivity index (χ2n) is 7.01. The number of likely N-dealkylation sites (tertiary alicyclic amines) is 1. The molecule has 2 aromatic carbocycles. The molecule has 1 aromatic heterocycles. The Kier molecular flexibility index (Phi) is 4.37. The Morgan fingerprint density at radius 1 is 1.04 bits per heavy atom. The van der Waals surface area contributed by atoms with E-state index in [2.05, 4.69) is 4.98 Å². The van der Waals surface area contributed by atoms with Gasteiger partial charge in [0.25, 0.3) is 0 Å². The highest BCUT2D eigenvalue weighted by Gasteiger charge is 2.28. The number of piperidine rings is 1. The minimum atomic E-state index is -0.136. The maximum atomic E-state index is 12.8. The number of carbonyl (C=O) groups excluding carboxylic acids is 1. The summed E-state index contributed by atoms with van der Waals surface area (Å²) in [4.78, 5) is 30.1. The maximum absolute atomic E-state index is 12.8. The molecule has 3 aromatic rings. The van der Waals surface area contributed by atoms with E-state index in [0.29, 0.717) is 13.1 Å². The number of aromatic nitrogens is 2. The third-order valence-electron chi connectivity index (χ3n) is 5.44. The first kappa shape index (κ1) is 16.6. The molecule has 2 heterocycles. The van der Waals surface area contributed by atoms with E-state index in [4.69, 9.17) is 0 Å². The van der Waals surface area contributed by atoms with Gasteiger partial charge in [-0.2, -0.15) is 0 Å². The smallest absolute Gasteiger partial charge is 0.326 e. The van der Waals surface area contributed by atoms with Crippen LogP contribution >= 0.6 is 0 Å². The Hall–Kier alpha value is -2.82. The lowest BCUT2D eigenvalue weighted by Gasteiger charge is -2.34. The SMILES string of the molecule is CC(C(=O)N1CCC(n2c(=O)[nH]c3ccccc32)CC1)c1ccccc1. The van der Waals surface area contributed by atoms with Crippen LogP contribution in [-0.4, -0.2) is 33.4 Å². The van der Waals surface area contributed by atoms with Crippen LogP contribution in [0.3, 0.4) is 0 Å². The number of nitrogens with zero attached hydrogens (tertiary/aromatic N) is 2. The number of fused-ring (bicyclic) bond motifs is 1. The van der Waals surface area contributed by atoms with E-state index < -0.39 is 0 Å². The van der Waals surface area contributed by atoms with Crippen molar-refractivity contribution in [1.82, 2.24) is 14.5 Å². The number of H-pyrrole nitrogens is 1. The number of carbonyl (C=O) groups is 1. The monoisotopic (exact) mass is 349 g/mol. The minimum absolute atomic E-state index is 0.0615. The Morgan fingerprint density at radius 3 is 2.42 bits per heavy atom. The molecule has 0 spiro atoms. The first-order chi connectivity index (χ1) is 12.6. The highest BCUT2D eigenvalue weighted by atomic mass is 16.2. The molecule has 1 N–H and O–H groups in total. The van der Waals surface area contributed by atoms with Crippen molar-refractivity contribution in [3.05, 3.63) is 70.6 Å². The molecular weight excluding hydrogens is 326 g/mol. The van der Waals surface area contributed by atoms with Crippen LogP contribution in [-0.2, 0) is 4.79 Å². The van der Waals surface area contributed by atoms with Crippen molar-refractivity contribution in [3.63, 3.8) is 0 Å². The maximum Gasteiger partial charge on any atom is 0.326 e. The fourth-order valence-corrected chi connectivity index (χ4v) is 3.94. The Morgan fingerprint density at radius 2 is 1.69 bits per heavy atom. The fourth-order valence-electron chi connectivity index (χ4n) is 3.94. The van der Waals surface area contributed by atoms with Crippen molar-refractivity contribution in [2.24, 2.45) is 0 Å². The molecule has 1 aliphatic rings. The zero-order valence-corrected chi connectivity index (χ0v) is 14.9. The van der Waals surface area contributed by atoms with E-state index in [0.717, 1.165) is 29.4 Å². The van der Waals surface area contributed by atoms with Crippen LogP contribution in [0.5, 0.6) is 0 Å². The summed E-state index contributed by atoms with van der Waals surface area (Å²) in [6, 6.07) is 17.8. The Bertz CT molecular complexity index is 966. The molecule has 26 heavy (non-hydrogen) atoms. The summed E-state index contributed by atoms with van der Waals surface area (Å²) < 4.78 is 1.86. The van der Waals surface area contributed by atoms with Crippen LogP contribution in [0.4, 0.5) is 0 Å². The quantitative estimate of drug-likeness (QED) is 0.789. The zero-order valence-electron chi connectivity index (χ0n) is 14.9. The van der Waals surface area contributed by atoms with E-state index in [-0.39, 0.29) is 23.6 Å². The molecule has 134 valence electrons. The lowest BCUT2D eigenvalue weighted by Crippen LogP contribution is -2.42. The summed E-state index contributed by atoms with van der Waals surface area (Å²) in [6.07, 6.45) is 1.60. The van der Waals surface area contributed by atoms with Gasteiger partial charge in [0.15, 0.2) is 0 Å². The highest BCUT2D eigenvalue weighted by Crippen LogP contribution is 2.27. The van der Waals surface area contributed by atoms with Crippen molar-refractivity contribution in [3.8, 4) is 0 Å². The molecule has 0 aliphatic carbocycles.